The van der Waals surface area contributed by atoms with Gasteiger partial charge in [0.1, 0.15) is 5.82 Å². The summed E-state index contributed by atoms with van der Waals surface area (Å²) in [5, 5.41) is 0.351. The molecule has 1 saturated carbocycles. The van der Waals surface area contributed by atoms with E-state index in [0.29, 0.717) is 22.9 Å². The number of hydrogen-bond acceptors (Lipinski definition) is 1. The summed E-state index contributed by atoms with van der Waals surface area (Å²) in [6.07, 6.45) is 5.13. The highest BCUT2D eigenvalue weighted by atomic mass is 35.5. The van der Waals surface area contributed by atoms with Gasteiger partial charge in [0, 0.05) is 12.0 Å². The van der Waals surface area contributed by atoms with Gasteiger partial charge < -0.3 is 0 Å². The van der Waals surface area contributed by atoms with E-state index in [2.05, 4.69) is 0 Å². The summed E-state index contributed by atoms with van der Waals surface area (Å²) in [5.74, 6) is 0.0300. The van der Waals surface area contributed by atoms with Crippen molar-refractivity contribution in [2.45, 2.75) is 32.1 Å². The van der Waals surface area contributed by atoms with Gasteiger partial charge >= 0.3 is 0 Å². The van der Waals surface area contributed by atoms with Crippen LogP contribution in [0.25, 0.3) is 0 Å². The first-order valence-corrected chi connectivity index (χ1v) is 6.03. The first-order chi connectivity index (χ1) is 7.66. The van der Waals surface area contributed by atoms with Gasteiger partial charge in [-0.25, -0.2) is 4.39 Å². The molecule has 0 N–H and O–H groups in total. The smallest absolute Gasteiger partial charge is 0.164 e. The number of ketones is 1. The van der Waals surface area contributed by atoms with Crippen LogP contribution in [-0.2, 0) is 0 Å². The number of hydrogen-bond donors (Lipinski definition) is 0. The van der Waals surface area contributed by atoms with Gasteiger partial charge in [-0.3, -0.25) is 4.79 Å². The minimum absolute atomic E-state index is 0.0311. The number of halogens is 2. The molecule has 0 atom stereocenters. The van der Waals surface area contributed by atoms with E-state index in [1.807, 2.05) is 0 Å². The van der Waals surface area contributed by atoms with Crippen molar-refractivity contribution in [3.63, 3.8) is 0 Å². The molecule has 0 amide bonds. The van der Waals surface area contributed by atoms with Crippen LogP contribution in [-0.4, -0.2) is 5.78 Å². The largest absolute Gasteiger partial charge is 0.294 e. The predicted molar refractivity (Wildman–Crippen MR) is 62.3 cm³/mol. The van der Waals surface area contributed by atoms with Crippen LogP contribution in [0.4, 0.5) is 4.39 Å². The number of rotatable bonds is 3. The maximum atomic E-state index is 13.0. The highest BCUT2D eigenvalue weighted by molar-refractivity contribution is 6.33. The third-order valence-electron chi connectivity index (χ3n) is 3.18. The lowest BCUT2D eigenvalue weighted by molar-refractivity contribution is 0.0962. The zero-order valence-electron chi connectivity index (χ0n) is 9.01. The molecule has 1 aromatic carbocycles. The summed E-state index contributed by atoms with van der Waals surface area (Å²) in [6.45, 7) is 0. The molecule has 0 aliphatic heterocycles. The molecule has 0 heterocycles. The summed E-state index contributed by atoms with van der Waals surface area (Å²) in [4.78, 5) is 11.9. The van der Waals surface area contributed by atoms with Gasteiger partial charge in [-0.1, -0.05) is 37.3 Å². The second-order valence-corrected chi connectivity index (χ2v) is 4.81. The van der Waals surface area contributed by atoms with Crippen molar-refractivity contribution >= 4 is 17.4 Å². The fraction of sp³-hybridized carbons (Fsp3) is 0.462. The van der Waals surface area contributed by atoms with Crippen LogP contribution >= 0.6 is 11.6 Å². The molecule has 0 bridgehead atoms. The molecular formula is C13H14ClFO. The molecule has 0 unspecified atom stereocenters. The lowest BCUT2D eigenvalue weighted by atomic mass is 9.97. The van der Waals surface area contributed by atoms with Gasteiger partial charge in [0.05, 0.1) is 5.02 Å². The van der Waals surface area contributed by atoms with Crippen molar-refractivity contribution in [3.8, 4) is 0 Å². The Balaban J connectivity index is 2.10. The Labute approximate surface area is 99.6 Å². The van der Waals surface area contributed by atoms with E-state index in [9.17, 15) is 9.18 Å². The Bertz CT molecular complexity index is 397. The molecule has 0 spiro atoms. The van der Waals surface area contributed by atoms with Crippen LogP contribution in [0.2, 0.25) is 5.02 Å². The monoisotopic (exact) mass is 240 g/mol. The SMILES string of the molecule is O=C(CC1CCCC1)c1cc(F)ccc1Cl. The molecule has 1 aliphatic rings. The van der Waals surface area contributed by atoms with Crippen molar-refractivity contribution in [2.24, 2.45) is 5.92 Å². The minimum Gasteiger partial charge on any atom is -0.294 e. The average molecular weight is 241 g/mol. The molecule has 0 aromatic heterocycles. The molecule has 86 valence electrons. The molecule has 1 nitrogen and oxygen atoms in total. The second-order valence-electron chi connectivity index (χ2n) is 4.40. The number of benzene rings is 1. The van der Waals surface area contributed by atoms with E-state index in [0.717, 1.165) is 12.8 Å². The van der Waals surface area contributed by atoms with Crippen LogP contribution in [0.3, 0.4) is 0 Å². The second kappa shape index (κ2) is 4.96. The molecule has 1 fully saturated rings. The van der Waals surface area contributed by atoms with Crippen LogP contribution in [0, 0.1) is 11.7 Å². The first kappa shape index (κ1) is 11.6. The third-order valence-corrected chi connectivity index (χ3v) is 3.51. The molecule has 1 aliphatic carbocycles. The van der Waals surface area contributed by atoms with Gasteiger partial charge in [0.2, 0.25) is 0 Å². The van der Waals surface area contributed by atoms with Crippen molar-refractivity contribution in [1.82, 2.24) is 0 Å². The maximum Gasteiger partial charge on any atom is 0.164 e. The molecule has 16 heavy (non-hydrogen) atoms. The molecule has 1 aromatic rings. The third kappa shape index (κ3) is 2.62. The van der Waals surface area contributed by atoms with E-state index in [4.69, 9.17) is 11.6 Å². The van der Waals surface area contributed by atoms with E-state index in [1.165, 1.54) is 31.0 Å². The van der Waals surface area contributed by atoms with Gasteiger partial charge in [-0.2, -0.15) is 0 Å². The normalized spacial score (nSPS) is 16.6. The van der Waals surface area contributed by atoms with Crippen LogP contribution in [0.5, 0.6) is 0 Å². The zero-order valence-corrected chi connectivity index (χ0v) is 9.77. The van der Waals surface area contributed by atoms with Gasteiger partial charge in [0.15, 0.2) is 5.78 Å². The maximum absolute atomic E-state index is 13.0. The number of carbonyl (C=O) groups is 1. The summed E-state index contributed by atoms with van der Waals surface area (Å²) in [5.41, 5.74) is 0.327. The average Bonchev–Trinajstić information content (AvgIpc) is 2.74. The van der Waals surface area contributed by atoms with Gasteiger partial charge in [0.25, 0.3) is 0 Å². The molecule has 0 saturated heterocycles. The Morgan fingerprint density at radius 2 is 2.06 bits per heavy atom. The fourth-order valence-corrected chi connectivity index (χ4v) is 2.52. The van der Waals surface area contributed by atoms with Crippen molar-refractivity contribution < 1.29 is 9.18 Å². The standard InChI is InChI=1S/C13H14ClFO/c14-12-6-5-10(15)8-11(12)13(16)7-9-3-1-2-4-9/h5-6,8-9H,1-4,7H2. The Hall–Kier alpha value is -0.890. The van der Waals surface area contributed by atoms with Crippen LogP contribution in [0.1, 0.15) is 42.5 Å². The quantitative estimate of drug-likeness (QED) is 0.722. The minimum atomic E-state index is -0.404. The van der Waals surface area contributed by atoms with Gasteiger partial charge in [-0.15, -0.1) is 0 Å². The number of carbonyl (C=O) groups excluding carboxylic acids is 1. The van der Waals surface area contributed by atoms with Crippen molar-refractivity contribution in [2.75, 3.05) is 0 Å². The molecule has 2 rings (SSSR count). The van der Waals surface area contributed by atoms with Gasteiger partial charge in [-0.05, 0) is 24.1 Å². The van der Waals surface area contributed by atoms with E-state index < -0.39 is 5.82 Å². The summed E-state index contributed by atoms with van der Waals surface area (Å²) in [7, 11) is 0. The lowest BCUT2D eigenvalue weighted by Crippen LogP contribution is -2.06. The highest BCUT2D eigenvalue weighted by Gasteiger charge is 2.20. The summed E-state index contributed by atoms with van der Waals surface area (Å²) < 4.78 is 13.0. The Morgan fingerprint density at radius 3 is 2.75 bits per heavy atom. The Morgan fingerprint density at radius 1 is 1.38 bits per heavy atom. The summed E-state index contributed by atoms with van der Waals surface area (Å²) >= 11 is 5.89. The number of Topliss-reactive ketones (excluding diaryl/α,β-unsaturated/α-hetero) is 1. The molecular weight excluding hydrogens is 227 g/mol. The van der Waals surface area contributed by atoms with E-state index >= 15 is 0 Å². The summed E-state index contributed by atoms with van der Waals surface area (Å²) in [6, 6.07) is 3.95. The molecule has 0 radical (unpaired) electrons. The lowest BCUT2D eigenvalue weighted by Gasteiger charge is -2.08. The highest BCUT2D eigenvalue weighted by Crippen LogP contribution is 2.30. The Kier molecular flexibility index (Phi) is 3.59. The zero-order chi connectivity index (χ0) is 11.5. The predicted octanol–water partition coefficient (Wildman–Crippen LogP) is 4.24. The topological polar surface area (TPSA) is 17.1 Å². The van der Waals surface area contributed by atoms with Crippen molar-refractivity contribution in [1.29, 1.82) is 0 Å². The fourth-order valence-electron chi connectivity index (χ4n) is 2.30. The first-order valence-electron chi connectivity index (χ1n) is 5.65. The molecule has 3 heteroatoms. The van der Waals surface area contributed by atoms with Crippen LogP contribution < -0.4 is 0 Å². The van der Waals surface area contributed by atoms with E-state index in [-0.39, 0.29) is 5.78 Å². The van der Waals surface area contributed by atoms with Crippen LogP contribution in [0.15, 0.2) is 18.2 Å². The van der Waals surface area contributed by atoms with Crippen molar-refractivity contribution in [3.05, 3.63) is 34.6 Å². The van der Waals surface area contributed by atoms with E-state index in [1.54, 1.807) is 0 Å².